The first-order valence-corrected chi connectivity index (χ1v) is 8.71. The van der Waals surface area contributed by atoms with Crippen molar-refractivity contribution in [3.05, 3.63) is 27.7 Å². The predicted molar refractivity (Wildman–Crippen MR) is 77.7 cm³/mol. The van der Waals surface area contributed by atoms with Gasteiger partial charge in [0.1, 0.15) is 4.90 Å². The molecule has 1 aromatic carbocycles. The van der Waals surface area contributed by atoms with Crippen LogP contribution in [0.2, 0.25) is 5.02 Å². The van der Waals surface area contributed by atoms with Gasteiger partial charge in [-0.2, -0.15) is 0 Å². The van der Waals surface area contributed by atoms with E-state index in [0.29, 0.717) is 17.3 Å². The molecule has 1 aliphatic carbocycles. The summed E-state index contributed by atoms with van der Waals surface area (Å²) < 4.78 is 27.7. The lowest BCUT2D eigenvalue weighted by molar-refractivity contribution is 0.101. The lowest BCUT2D eigenvalue weighted by Gasteiger charge is -2.28. The fourth-order valence-electron chi connectivity index (χ4n) is 2.25. The SMILES string of the molecule is O=S(=O)(NC1CCCCC1O)c1c(Cl)cccc1Br. The summed E-state index contributed by atoms with van der Waals surface area (Å²) in [6, 6.07) is 4.37. The van der Waals surface area contributed by atoms with Crippen molar-refractivity contribution in [1.82, 2.24) is 4.72 Å². The summed E-state index contributed by atoms with van der Waals surface area (Å²) in [5.41, 5.74) is 0. The van der Waals surface area contributed by atoms with E-state index in [1.54, 1.807) is 12.1 Å². The molecule has 0 radical (unpaired) electrons. The fraction of sp³-hybridized carbons (Fsp3) is 0.500. The van der Waals surface area contributed by atoms with Crippen LogP contribution in [0.4, 0.5) is 0 Å². The lowest BCUT2D eigenvalue weighted by Crippen LogP contribution is -2.45. The quantitative estimate of drug-likeness (QED) is 0.862. The molecule has 1 fully saturated rings. The third-order valence-corrected chi connectivity index (χ3v) is 6.16. The van der Waals surface area contributed by atoms with Gasteiger partial charge in [0, 0.05) is 10.5 Å². The third-order valence-electron chi connectivity index (χ3n) is 3.22. The molecule has 2 atom stereocenters. The van der Waals surface area contributed by atoms with Gasteiger partial charge in [0.2, 0.25) is 10.0 Å². The molecule has 1 aromatic rings. The molecule has 7 heteroatoms. The van der Waals surface area contributed by atoms with Crippen molar-refractivity contribution in [1.29, 1.82) is 0 Å². The van der Waals surface area contributed by atoms with Crippen LogP contribution >= 0.6 is 27.5 Å². The summed E-state index contributed by atoms with van der Waals surface area (Å²) in [5.74, 6) is 0. The predicted octanol–water partition coefficient (Wildman–Crippen LogP) is 2.68. The minimum atomic E-state index is -3.74. The maximum Gasteiger partial charge on any atom is 0.243 e. The van der Waals surface area contributed by atoms with Gasteiger partial charge in [-0.25, -0.2) is 13.1 Å². The molecule has 4 nitrogen and oxygen atoms in total. The highest BCUT2D eigenvalue weighted by molar-refractivity contribution is 9.10. The number of aliphatic hydroxyl groups excluding tert-OH is 1. The molecular formula is C12H15BrClNO3S. The summed E-state index contributed by atoms with van der Waals surface area (Å²) in [7, 11) is -3.74. The highest BCUT2D eigenvalue weighted by atomic mass is 79.9. The summed E-state index contributed by atoms with van der Waals surface area (Å²) in [6.45, 7) is 0. The Hall–Kier alpha value is -0.140. The Morgan fingerprint density at radius 2 is 2.00 bits per heavy atom. The second-order valence-electron chi connectivity index (χ2n) is 4.63. The summed E-state index contributed by atoms with van der Waals surface area (Å²) >= 11 is 9.15. The Morgan fingerprint density at radius 1 is 1.32 bits per heavy atom. The van der Waals surface area contributed by atoms with Crippen LogP contribution in [0.5, 0.6) is 0 Å². The van der Waals surface area contributed by atoms with Crippen LogP contribution in [0.25, 0.3) is 0 Å². The van der Waals surface area contributed by atoms with Gasteiger partial charge in [-0.1, -0.05) is 30.5 Å². The Morgan fingerprint density at radius 3 is 2.63 bits per heavy atom. The van der Waals surface area contributed by atoms with Gasteiger partial charge in [0.15, 0.2) is 0 Å². The molecule has 0 aliphatic heterocycles. The maximum absolute atomic E-state index is 12.4. The van der Waals surface area contributed by atoms with Crippen LogP contribution in [0.1, 0.15) is 25.7 Å². The van der Waals surface area contributed by atoms with Crippen LogP contribution < -0.4 is 4.72 Å². The molecule has 0 aromatic heterocycles. The Labute approximate surface area is 126 Å². The van der Waals surface area contributed by atoms with Gasteiger partial charge < -0.3 is 5.11 Å². The van der Waals surface area contributed by atoms with Gasteiger partial charge in [0.05, 0.1) is 11.1 Å². The molecule has 1 aliphatic rings. The van der Waals surface area contributed by atoms with Crippen LogP contribution in [-0.4, -0.2) is 25.7 Å². The normalized spacial score (nSPS) is 24.4. The van der Waals surface area contributed by atoms with Crippen molar-refractivity contribution in [2.45, 2.75) is 42.7 Å². The fourth-order valence-corrected chi connectivity index (χ4v) is 5.29. The lowest BCUT2D eigenvalue weighted by atomic mass is 9.93. The first-order chi connectivity index (χ1) is 8.92. The van der Waals surface area contributed by atoms with E-state index in [2.05, 4.69) is 20.7 Å². The minimum Gasteiger partial charge on any atom is -0.391 e. The first kappa shape index (κ1) is 15.3. The zero-order chi connectivity index (χ0) is 14.0. The molecule has 2 N–H and O–H groups in total. The highest BCUT2D eigenvalue weighted by Gasteiger charge is 2.30. The van der Waals surface area contributed by atoms with E-state index in [0.717, 1.165) is 12.8 Å². The van der Waals surface area contributed by atoms with Gasteiger partial charge in [-0.3, -0.25) is 0 Å². The molecule has 19 heavy (non-hydrogen) atoms. The second kappa shape index (κ2) is 6.10. The Kier molecular flexibility index (Phi) is 4.89. The number of hydrogen-bond acceptors (Lipinski definition) is 3. The Balaban J connectivity index is 2.27. The summed E-state index contributed by atoms with van der Waals surface area (Å²) in [6.07, 6.45) is 2.47. The third kappa shape index (κ3) is 3.49. The zero-order valence-corrected chi connectivity index (χ0v) is 13.3. The number of hydrogen-bond donors (Lipinski definition) is 2. The first-order valence-electron chi connectivity index (χ1n) is 6.06. The van der Waals surface area contributed by atoms with Gasteiger partial charge >= 0.3 is 0 Å². The van der Waals surface area contributed by atoms with Crippen LogP contribution in [-0.2, 0) is 10.0 Å². The van der Waals surface area contributed by atoms with E-state index >= 15 is 0 Å². The topological polar surface area (TPSA) is 66.4 Å². The molecule has 0 bridgehead atoms. The monoisotopic (exact) mass is 367 g/mol. The van der Waals surface area contributed by atoms with Gasteiger partial charge in [0.25, 0.3) is 0 Å². The van der Waals surface area contributed by atoms with Gasteiger partial charge in [-0.15, -0.1) is 0 Å². The molecule has 0 spiro atoms. The van der Waals surface area contributed by atoms with Crippen molar-refractivity contribution >= 4 is 37.6 Å². The highest BCUT2D eigenvalue weighted by Crippen LogP contribution is 2.30. The van der Waals surface area contributed by atoms with Gasteiger partial charge in [-0.05, 0) is 40.9 Å². The smallest absolute Gasteiger partial charge is 0.243 e. The summed E-state index contributed by atoms with van der Waals surface area (Å²) in [4.78, 5) is 0.0226. The maximum atomic E-state index is 12.4. The molecule has 0 saturated heterocycles. The molecule has 106 valence electrons. The second-order valence-corrected chi connectivity index (χ2v) is 7.54. The standard InChI is InChI=1S/C12H15BrClNO3S/c13-8-4-3-5-9(14)12(8)19(17,18)15-10-6-1-2-7-11(10)16/h3-5,10-11,15-16H,1-2,6-7H2. The van der Waals surface area contributed by atoms with E-state index in [1.165, 1.54) is 6.07 Å². The number of rotatable bonds is 3. The average Bonchev–Trinajstić information content (AvgIpc) is 2.31. The number of sulfonamides is 1. The van der Waals surface area contributed by atoms with Crippen LogP contribution in [0.15, 0.2) is 27.6 Å². The molecular weight excluding hydrogens is 354 g/mol. The van der Waals surface area contributed by atoms with Crippen molar-refractivity contribution in [3.8, 4) is 0 Å². The number of nitrogens with one attached hydrogen (secondary N) is 1. The van der Waals surface area contributed by atoms with E-state index < -0.39 is 22.2 Å². The molecule has 0 heterocycles. The van der Waals surface area contributed by atoms with Crippen molar-refractivity contribution < 1.29 is 13.5 Å². The molecule has 2 rings (SSSR count). The van der Waals surface area contributed by atoms with E-state index in [9.17, 15) is 13.5 Å². The number of halogens is 2. The number of aliphatic hydroxyl groups is 1. The van der Waals surface area contributed by atoms with Crippen molar-refractivity contribution in [2.24, 2.45) is 0 Å². The Bertz CT molecular complexity index is 544. The molecule has 1 saturated carbocycles. The molecule has 0 amide bonds. The average molecular weight is 369 g/mol. The van der Waals surface area contributed by atoms with Crippen molar-refractivity contribution in [3.63, 3.8) is 0 Å². The number of benzene rings is 1. The largest absolute Gasteiger partial charge is 0.391 e. The van der Waals surface area contributed by atoms with Crippen LogP contribution in [0.3, 0.4) is 0 Å². The molecule has 2 unspecified atom stereocenters. The zero-order valence-electron chi connectivity index (χ0n) is 10.1. The van der Waals surface area contributed by atoms with E-state index in [-0.39, 0.29) is 9.92 Å². The summed E-state index contributed by atoms with van der Waals surface area (Å²) in [5, 5.41) is 10.0. The van der Waals surface area contributed by atoms with E-state index in [1.807, 2.05) is 0 Å². The van der Waals surface area contributed by atoms with Crippen LogP contribution in [0, 0.1) is 0 Å². The van der Waals surface area contributed by atoms with E-state index in [4.69, 9.17) is 11.6 Å². The van der Waals surface area contributed by atoms with Crippen molar-refractivity contribution in [2.75, 3.05) is 0 Å². The minimum absolute atomic E-state index is 0.0226.